The summed E-state index contributed by atoms with van der Waals surface area (Å²) in [6, 6.07) is 11.2. The molecule has 0 spiro atoms. The van der Waals surface area contributed by atoms with Crippen LogP contribution in [-0.4, -0.2) is 37.1 Å². The lowest BCUT2D eigenvalue weighted by Gasteiger charge is -2.42. The molecule has 3 rings (SSSR count). The highest BCUT2D eigenvalue weighted by molar-refractivity contribution is 7.92. The topological polar surface area (TPSA) is 119 Å². The van der Waals surface area contributed by atoms with Crippen LogP contribution in [0.15, 0.2) is 48.5 Å². The van der Waals surface area contributed by atoms with Crippen LogP contribution in [0.5, 0.6) is 5.75 Å². The Hall–Kier alpha value is -3.14. The van der Waals surface area contributed by atoms with Gasteiger partial charge in [-0.3, -0.25) is 19.2 Å². The number of benzene rings is 2. The van der Waals surface area contributed by atoms with Gasteiger partial charge in [0.1, 0.15) is 17.4 Å². The fourth-order valence-electron chi connectivity index (χ4n) is 4.27. The number of hydrogen-bond acceptors (Lipinski definition) is 6. The number of non-ortho nitro benzene ring substituents is 1. The molecule has 1 heterocycles. The van der Waals surface area contributed by atoms with Crippen molar-refractivity contribution < 1.29 is 22.9 Å². The Kier molecular flexibility index (Phi) is 6.97. The van der Waals surface area contributed by atoms with Crippen molar-refractivity contribution in [2.45, 2.75) is 57.7 Å². The zero-order valence-electron chi connectivity index (χ0n) is 19.1. The van der Waals surface area contributed by atoms with Crippen LogP contribution in [0, 0.1) is 10.1 Å². The standard InChI is InChI=1S/C23H29N3O6S/c1-5-23(6-2)15-20(19-12-7-8-13-21(19)32-23)24-22(27)16(3)25(33(4,30)31)17-10-9-11-18(14-17)26(28)29/h7-14,16,20H,5-6,15H2,1-4H3,(H,24,27)/t16-,20+/m0/s1. The normalized spacial score (nSPS) is 17.9. The molecule has 0 fully saturated rings. The average Bonchev–Trinajstić information content (AvgIpc) is 2.78. The highest BCUT2D eigenvalue weighted by Gasteiger charge is 2.40. The van der Waals surface area contributed by atoms with Gasteiger partial charge in [-0.05, 0) is 31.9 Å². The summed E-state index contributed by atoms with van der Waals surface area (Å²) in [5, 5.41) is 14.2. The Labute approximate surface area is 193 Å². The first-order chi connectivity index (χ1) is 15.5. The predicted molar refractivity (Wildman–Crippen MR) is 126 cm³/mol. The van der Waals surface area contributed by atoms with E-state index in [4.69, 9.17) is 4.74 Å². The maximum Gasteiger partial charge on any atom is 0.271 e. The van der Waals surface area contributed by atoms with Crippen LogP contribution in [0.4, 0.5) is 11.4 Å². The summed E-state index contributed by atoms with van der Waals surface area (Å²) in [6.45, 7) is 5.53. The Morgan fingerprint density at radius 3 is 2.52 bits per heavy atom. The first-order valence-electron chi connectivity index (χ1n) is 10.8. The summed E-state index contributed by atoms with van der Waals surface area (Å²) in [6.07, 6.45) is 3.02. The molecule has 0 unspecified atom stereocenters. The molecule has 1 amide bonds. The number of hydrogen-bond donors (Lipinski definition) is 1. The lowest BCUT2D eigenvalue weighted by atomic mass is 9.83. The van der Waals surface area contributed by atoms with Gasteiger partial charge >= 0.3 is 0 Å². The smallest absolute Gasteiger partial charge is 0.271 e. The second kappa shape index (κ2) is 9.38. The fourth-order valence-corrected chi connectivity index (χ4v) is 5.44. The maximum atomic E-state index is 13.3. The minimum Gasteiger partial charge on any atom is -0.487 e. The molecular formula is C23H29N3O6S. The van der Waals surface area contributed by atoms with E-state index in [2.05, 4.69) is 5.32 Å². The molecule has 33 heavy (non-hydrogen) atoms. The van der Waals surface area contributed by atoms with Gasteiger partial charge in [0, 0.05) is 24.1 Å². The van der Waals surface area contributed by atoms with E-state index in [1.807, 2.05) is 38.1 Å². The number of nitro benzene ring substituents is 1. The molecule has 1 aliphatic rings. The number of nitrogens with zero attached hydrogens (tertiary/aromatic N) is 2. The second-order valence-electron chi connectivity index (χ2n) is 8.31. The number of nitrogens with one attached hydrogen (secondary N) is 1. The van der Waals surface area contributed by atoms with Crippen molar-refractivity contribution in [1.29, 1.82) is 0 Å². The molecule has 9 nitrogen and oxygen atoms in total. The van der Waals surface area contributed by atoms with Gasteiger partial charge in [-0.25, -0.2) is 8.42 Å². The van der Waals surface area contributed by atoms with Crippen molar-refractivity contribution in [3.63, 3.8) is 0 Å². The molecule has 2 aromatic carbocycles. The summed E-state index contributed by atoms with van der Waals surface area (Å²) < 4.78 is 32.4. The first kappa shape index (κ1) is 24.5. The van der Waals surface area contributed by atoms with Crippen LogP contribution in [0.3, 0.4) is 0 Å². The number of nitro groups is 1. The van der Waals surface area contributed by atoms with Gasteiger partial charge in [0.15, 0.2) is 0 Å². The SMILES string of the molecule is CCC1(CC)C[C@@H](NC(=O)[C@H](C)N(c2cccc([N+](=O)[O-])c2)S(C)(=O)=O)c2ccccc2O1. The van der Waals surface area contributed by atoms with E-state index in [0.29, 0.717) is 12.2 Å². The third-order valence-electron chi connectivity index (χ3n) is 6.19. The van der Waals surface area contributed by atoms with Crippen LogP contribution >= 0.6 is 0 Å². The maximum absolute atomic E-state index is 13.3. The molecule has 0 saturated carbocycles. The number of ether oxygens (including phenoxy) is 1. The summed E-state index contributed by atoms with van der Waals surface area (Å²) in [7, 11) is -3.91. The van der Waals surface area contributed by atoms with Gasteiger partial charge < -0.3 is 10.1 Å². The van der Waals surface area contributed by atoms with E-state index in [1.54, 1.807) is 0 Å². The number of sulfonamides is 1. The molecule has 2 aromatic rings. The average molecular weight is 476 g/mol. The van der Waals surface area contributed by atoms with E-state index >= 15 is 0 Å². The van der Waals surface area contributed by atoms with E-state index in [0.717, 1.165) is 35.0 Å². The van der Waals surface area contributed by atoms with Crippen molar-refractivity contribution >= 4 is 27.3 Å². The van der Waals surface area contributed by atoms with Gasteiger partial charge in [0.25, 0.3) is 5.69 Å². The van der Waals surface area contributed by atoms with Gasteiger partial charge in [-0.1, -0.05) is 38.1 Å². The quantitative estimate of drug-likeness (QED) is 0.456. The highest BCUT2D eigenvalue weighted by atomic mass is 32.2. The highest BCUT2D eigenvalue weighted by Crippen LogP contribution is 2.42. The number of carbonyl (C=O) groups excluding carboxylic acids is 1. The lowest BCUT2D eigenvalue weighted by molar-refractivity contribution is -0.384. The van der Waals surface area contributed by atoms with E-state index < -0.39 is 32.5 Å². The molecule has 0 aromatic heterocycles. The van der Waals surface area contributed by atoms with Crippen molar-refractivity contribution in [3.05, 3.63) is 64.2 Å². The monoisotopic (exact) mass is 475 g/mol. The Morgan fingerprint density at radius 2 is 1.91 bits per heavy atom. The largest absolute Gasteiger partial charge is 0.487 e. The van der Waals surface area contributed by atoms with Crippen molar-refractivity contribution in [3.8, 4) is 5.75 Å². The molecule has 178 valence electrons. The summed E-state index contributed by atoms with van der Waals surface area (Å²) in [4.78, 5) is 23.9. The van der Waals surface area contributed by atoms with Crippen LogP contribution < -0.4 is 14.4 Å². The minimum absolute atomic E-state index is 0.0539. The molecule has 1 aliphatic heterocycles. The number of amides is 1. The van der Waals surface area contributed by atoms with Crippen molar-refractivity contribution in [2.75, 3.05) is 10.6 Å². The Balaban J connectivity index is 1.93. The van der Waals surface area contributed by atoms with Gasteiger partial charge in [-0.2, -0.15) is 0 Å². The molecule has 0 radical (unpaired) electrons. The third-order valence-corrected chi connectivity index (χ3v) is 7.43. The molecule has 1 N–H and O–H groups in total. The Bertz CT molecular complexity index is 1150. The summed E-state index contributed by atoms with van der Waals surface area (Å²) >= 11 is 0. The number of carbonyl (C=O) groups is 1. The van der Waals surface area contributed by atoms with Gasteiger partial charge in [0.2, 0.25) is 15.9 Å². The van der Waals surface area contributed by atoms with Crippen LogP contribution in [0.1, 0.15) is 51.6 Å². The minimum atomic E-state index is -3.91. The molecular weight excluding hydrogens is 446 g/mol. The molecule has 0 aliphatic carbocycles. The van der Waals surface area contributed by atoms with Crippen LogP contribution in [-0.2, 0) is 14.8 Å². The van der Waals surface area contributed by atoms with Crippen LogP contribution in [0.25, 0.3) is 0 Å². The molecule has 0 saturated heterocycles. The molecule has 2 atom stereocenters. The zero-order chi connectivity index (χ0) is 24.4. The predicted octanol–water partition coefficient (Wildman–Crippen LogP) is 3.95. The lowest BCUT2D eigenvalue weighted by Crippen LogP contribution is -2.51. The van der Waals surface area contributed by atoms with E-state index in [-0.39, 0.29) is 17.4 Å². The number of anilines is 1. The van der Waals surface area contributed by atoms with Crippen molar-refractivity contribution in [1.82, 2.24) is 5.32 Å². The van der Waals surface area contributed by atoms with Gasteiger partial charge in [0.05, 0.1) is 22.9 Å². The van der Waals surface area contributed by atoms with Crippen LogP contribution in [0.2, 0.25) is 0 Å². The zero-order valence-corrected chi connectivity index (χ0v) is 20.0. The number of rotatable bonds is 8. The second-order valence-corrected chi connectivity index (χ2v) is 10.2. The van der Waals surface area contributed by atoms with E-state index in [9.17, 15) is 23.3 Å². The van der Waals surface area contributed by atoms with E-state index in [1.165, 1.54) is 25.1 Å². The summed E-state index contributed by atoms with van der Waals surface area (Å²) in [5.74, 6) is 0.193. The molecule has 0 bridgehead atoms. The van der Waals surface area contributed by atoms with Crippen molar-refractivity contribution in [2.24, 2.45) is 0 Å². The fraction of sp³-hybridized carbons (Fsp3) is 0.435. The first-order valence-corrected chi connectivity index (χ1v) is 12.7. The number of para-hydroxylation sites is 1. The summed E-state index contributed by atoms with van der Waals surface area (Å²) in [5.41, 5.74) is 0.185. The third kappa shape index (κ3) is 5.11. The Morgan fingerprint density at radius 1 is 1.24 bits per heavy atom. The van der Waals surface area contributed by atoms with Gasteiger partial charge in [-0.15, -0.1) is 0 Å². The number of fused-ring (bicyclic) bond motifs is 1. The molecule has 10 heteroatoms.